The summed E-state index contributed by atoms with van der Waals surface area (Å²) in [6.07, 6.45) is 9.21. The first kappa shape index (κ1) is 13.2. The average Bonchev–Trinajstić information content (AvgIpc) is 3.00. The van der Waals surface area contributed by atoms with Gasteiger partial charge in [-0.15, -0.1) is 0 Å². The molecule has 0 aliphatic carbocycles. The van der Waals surface area contributed by atoms with Crippen molar-refractivity contribution in [2.45, 2.75) is 31.9 Å². The van der Waals surface area contributed by atoms with Gasteiger partial charge in [0.05, 0.1) is 12.4 Å². The van der Waals surface area contributed by atoms with Crippen molar-refractivity contribution in [2.24, 2.45) is 5.92 Å². The van der Waals surface area contributed by atoms with Crippen LogP contribution >= 0.6 is 0 Å². The third-order valence-corrected chi connectivity index (χ3v) is 4.01. The van der Waals surface area contributed by atoms with Gasteiger partial charge in [0.1, 0.15) is 5.75 Å². The van der Waals surface area contributed by atoms with E-state index < -0.39 is 0 Å². The number of benzene rings is 1. The maximum absolute atomic E-state index is 9.35. The maximum Gasteiger partial charge on any atom is 0.115 e. The molecule has 106 valence electrons. The summed E-state index contributed by atoms with van der Waals surface area (Å²) in [5.41, 5.74) is 1.16. The minimum Gasteiger partial charge on any atom is -0.508 e. The number of hydrogen-bond donors (Lipinski definition) is 1. The van der Waals surface area contributed by atoms with Crippen molar-refractivity contribution in [2.75, 3.05) is 6.61 Å². The summed E-state index contributed by atoms with van der Waals surface area (Å²) in [6.45, 7) is 1.84. The van der Waals surface area contributed by atoms with Crippen LogP contribution in [0.4, 0.5) is 0 Å². The van der Waals surface area contributed by atoms with Gasteiger partial charge in [-0.05, 0) is 42.9 Å². The monoisotopic (exact) mass is 272 g/mol. The number of phenols is 1. The zero-order chi connectivity index (χ0) is 13.8. The van der Waals surface area contributed by atoms with Crippen LogP contribution in [0, 0.1) is 5.92 Å². The van der Waals surface area contributed by atoms with Crippen LogP contribution in [0.2, 0.25) is 0 Å². The number of nitrogens with zero attached hydrogens (tertiary/aromatic N) is 2. The lowest BCUT2D eigenvalue weighted by Gasteiger charge is -2.30. The van der Waals surface area contributed by atoms with Gasteiger partial charge in [-0.1, -0.05) is 12.1 Å². The predicted octanol–water partition coefficient (Wildman–Crippen LogP) is 3.15. The third-order valence-electron chi connectivity index (χ3n) is 4.01. The molecular formula is C16H20N2O2. The Kier molecular flexibility index (Phi) is 4.02. The Morgan fingerprint density at radius 2 is 2.15 bits per heavy atom. The summed E-state index contributed by atoms with van der Waals surface area (Å²) >= 11 is 0. The topological polar surface area (TPSA) is 47.3 Å². The van der Waals surface area contributed by atoms with Gasteiger partial charge in [-0.2, -0.15) is 0 Å². The number of imidazole rings is 1. The number of phenolic OH excluding ortho intramolecular Hbond substituents is 1. The fourth-order valence-electron chi connectivity index (χ4n) is 2.80. The first-order valence-corrected chi connectivity index (χ1v) is 7.17. The van der Waals surface area contributed by atoms with E-state index in [4.69, 9.17) is 4.74 Å². The molecule has 0 spiro atoms. The van der Waals surface area contributed by atoms with Gasteiger partial charge in [0.15, 0.2) is 0 Å². The molecular weight excluding hydrogens is 252 g/mol. The molecule has 1 aromatic carbocycles. The van der Waals surface area contributed by atoms with Crippen LogP contribution in [0.15, 0.2) is 43.0 Å². The van der Waals surface area contributed by atoms with Gasteiger partial charge >= 0.3 is 0 Å². The molecule has 4 nitrogen and oxygen atoms in total. The van der Waals surface area contributed by atoms with Crippen molar-refractivity contribution < 1.29 is 9.84 Å². The van der Waals surface area contributed by atoms with Gasteiger partial charge in [-0.3, -0.25) is 0 Å². The highest BCUT2D eigenvalue weighted by Gasteiger charge is 2.23. The summed E-state index contributed by atoms with van der Waals surface area (Å²) < 4.78 is 8.00. The minimum absolute atomic E-state index is 0.164. The van der Waals surface area contributed by atoms with Crippen LogP contribution in [0.1, 0.15) is 30.9 Å². The first-order valence-electron chi connectivity index (χ1n) is 7.17. The van der Waals surface area contributed by atoms with Crippen LogP contribution < -0.4 is 0 Å². The van der Waals surface area contributed by atoms with E-state index >= 15 is 0 Å². The molecule has 0 amide bonds. The van der Waals surface area contributed by atoms with Crippen molar-refractivity contribution in [1.29, 1.82) is 0 Å². The number of rotatable bonds is 4. The van der Waals surface area contributed by atoms with Crippen molar-refractivity contribution in [3.05, 3.63) is 48.5 Å². The molecule has 4 heteroatoms. The lowest BCUT2D eigenvalue weighted by molar-refractivity contribution is -0.0128. The predicted molar refractivity (Wildman–Crippen MR) is 76.4 cm³/mol. The summed E-state index contributed by atoms with van der Waals surface area (Å²) in [4.78, 5) is 4.07. The molecule has 2 unspecified atom stereocenters. The van der Waals surface area contributed by atoms with Crippen molar-refractivity contribution in [3.8, 4) is 5.75 Å². The Balaban J connectivity index is 1.57. The molecule has 2 atom stereocenters. The maximum atomic E-state index is 9.35. The molecule has 1 aromatic heterocycles. The number of hydrogen-bond acceptors (Lipinski definition) is 3. The average molecular weight is 272 g/mol. The van der Waals surface area contributed by atoms with E-state index in [1.807, 2.05) is 30.9 Å². The first-order chi connectivity index (χ1) is 9.81. The SMILES string of the molecule is Oc1ccc(C2CC(CCn3ccnc3)CCO2)cc1. The highest BCUT2D eigenvalue weighted by molar-refractivity contribution is 5.27. The molecule has 1 saturated heterocycles. The quantitative estimate of drug-likeness (QED) is 0.930. The molecule has 2 aromatic rings. The summed E-state index contributed by atoms with van der Waals surface area (Å²) in [6, 6.07) is 7.37. The van der Waals surface area contributed by atoms with Gasteiger partial charge in [0.25, 0.3) is 0 Å². The minimum atomic E-state index is 0.164. The molecule has 1 aliphatic rings. The van der Waals surface area contributed by atoms with Crippen molar-refractivity contribution in [3.63, 3.8) is 0 Å². The van der Waals surface area contributed by atoms with Gasteiger partial charge < -0.3 is 14.4 Å². The second kappa shape index (κ2) is 6.09. The van der Waals surface area contributed by atoms with Crippen LogP contribution in [-0.2, 0) is 11.3 Å². The molecule has 0 saturated carbocycles. The Hall–Kier alpha value is -1.81. The number of aryl methyl sites for hydroxylation is 1. The molecule has 3 rings (SSSR count). The summed E-state index contributed by atoms with van der Waals surface area (Å²) in [5, 5.41) is 9.35. The highest BCUT2D eigenvalue weighted by Crippen LogP contribution is 2.34. The molecule has 1 fully saturated rings. The van der Waals surface area contributed by atoms with Crippen LogP contribution in [0.25, 0.3) is 0 Å². The van der Waals surface area contributed by atoms with Gasteiger partial charge in [0, 0.05) is 25.5 Å². The highest BCUT2D eigenvalue weighted by atomic mass is 16.5. The number of ether oxygens (including phenoxy) is 1. The van der Waals surface area contributed by atoms with E-state index in [1.54, 1.807) is 12.1 Å². The summed E-state index contributed by atoms with van der Waals surface area (Å²) in [5.74, 6) is 0.992. The Morgan fingerprint density at radius 1 is 1.30 bits per heavy atom. The molecule has 1 aliphatic heterocycles. The smallest absolute Gasteiger partial charge is 0.115 e. The van der Waals surface area contributed by atoms with Crippen LogP contribution in [0.3, 0.4) is 0 Å². The molecule has 0 radical (unpaired) electrons. The molecule has 2 heterocycles. The van der Waals surface area contributed by atoms with Crippen LogP contribution in [0.5, 0.6) is 5.75 Å². The second-order valence-corrected chi connectivity index (χ2v) is 5.43. The zero-order valence-corrected chi connectivity index (χ0v) is 11.5. The number of aromatic hydroxyl groups is 1. The summed E-state index contributed by atoms with van der Waals surface area (Å²) in [7, 11) is 0. The van der Waals surface area contributed by atoms with Gasteiger partial charge in [-0.25, -0.2) is 4.98 Å². The standard InChI is InChI=1S/C16H20N2O2/c19-15-3-1-14(2-4-15)16-11-13(6-10-20-16)5-8-18-9-7-17-12-18/h1-4,7,9,12-13,16,19H,5-6,8,10-11H2. The van der Waals surface area contributed by atoms with Gasteiger partial charge in [0.2, 0.25) is 0 Å². The van der Waals surface area contributed by atoms with E-state index in [0.717, 1.165) is 38.0 Å². The van der Waals surface area contributed by atoms with Crippen LogP contribution in [-0.4, -0.2) is 21.3 Å². The second-order valence-electron chi connectivity index (χ2n) is 5.43. The lowest BCUT2D eigenvalue weighted by atomic mass is 9.89. The lowest BCUT2D eigenvalue weighted by Crippen LogP contribution is -2.21. The van der Waals surface area contributed by atoms with Crippen molar-refractivity contribution in [1.82, 2.24) is 9.55 Å². The fraction of sp³-hybridized carbons (Fsp3) is 0.438. The number of aromatic nitrogens is 2. The Bertz CT molecular complexity index is 522. The molecule has 0 bridgehead atoms. The van der Waals surface area contributed by atoms with E-state index in [0.29, 0.717) is 11.7 Å². The van der Waals surface area contributed by atoms with E-state index in [-0.39, 0.29) is 6.10 Å². The Labute approximate surface area is 119 Å². The van der Waals surface area contributed by atoms with E-state index in [2.05, 4.69) is 9.55 Å². The normalized spacial score (nSPS) is 22.8. The Morgan fingerprint density at radius 3 is 2.90 bits per heavy atom. The zero-order valence-electron chi connectivity index (χ0n) is 11.5. The third kappa shape index (κ3) is 3.20. The largest absolute Gasteiger partial charge is 0.508 e. The van der Waals surface area contributed by atoms with E-state index in [1.165, 1.54) is 0 Å². The molecule has 1 N–H and O–H groups in total. The fourth-order valence-corrected chi connectivity index (χ4v) is 2.80. The van der Waals surface area contributed by atoms with E-state index in [9.17, 15) is 5.11 Å². The van der Waals surface area contributed by atoms with Crippen molar-refractivity contribution >= 4 is 0 Å². The molecule has 20 heavy (non-hydrogen) atoms.